The van der Waals surface area contributed by atoms with Crippen molar-refractivity contribution in [3.8, 4) is 0 Å². The van der Waals surface area contributed by atoms with Gasteiger partial charge in [0.15, 0.2) is 23.8 Å². The molecule has 0 bridgehead atoms. The lowest BCUT2D eigenvalue weighted by Gasteiger charge is -2.29. The first-order valence-corrected chi connectivity index (χ1v) is 46.0. The summed E-state index contributed by atoms with van der Waals surface area (Å²) in [7, 11) is 0. The summed E-state index contributed by atoms with van der Waals surface area (Å²) in [4.78, 5) is 276. The van der Waals surface area contributed by atoms with Crippen LogP contribution in [0.4, 0.5) is 0 Å². The third kappa shape index (κ3) is 45.2. The van der Waals surface area contributed by atoms with Crippen LogP contribution in [-0.4, -0.2) is 364 Å². The third-order valence-electron chi connectivity index (χ3n) is 22.0. The molecule has 0 aromatic heterocycles. The van der Waals surface area contributed by atoms with Gasteiger partial charge in [0.2, 0.25) is 106 Å². The molecule has 2 fully saturated rings. The molecule has 43 N–H and O–H groups in total. The lowest BCUT2D eigenvalue weighted by molar-refractivity contribution is -0.149. The summed E-state index contributed by atoms with van der Waals surface area (Å²) in [6, 6.07) is -26.3. The number of aliphatic carboxylic acids is 2. The molecule has 18 atom stereocenters. The van der Waals surface area contributed by atoms with Gasteiger partial charge in [0, 0.05) is 52.1 Å². The molecule has 2 aliphatic heterocycles. The summed E-state index contributed by atoms with van der Waals surface area (Å²) in [5.74, 6) is -24.6. The van der Waals surface area contributed by atoms with Crippen LogP contribution in [0.3, 0.4) is 0 Å². The summed E-state index contributed by atoms with van der Waals surface area (Å²) in [6.07, 6.45) is -6.14. The average molecular weight is 2000 g/mol. The highest BCUT2D eigenvalue weighted by atomic mass is 16.4. The standard InChI is InChI=1S/C82H146N32O26/c1-39(2)34-51(107-67(128)47(19-12-30-96-81(90)91)103-73(134)54-21-14-32-113(54)58(121)35-84)64(125)98-36-57(120)110-60(40(3)4)74(135)104-45(17-10-28-94-79(86)87)65(126)99-41(5)63(124)111-61(42(6)117)75(136)105-48(20-13-31-97-82(92)93)66(127)100-44(16-8-9-27-83)70(131)112-62(43(7)118)76(137)109-53(38-116)71(132)102-49(24-26-59(122)123)69(130)101-46(18-11-29-95-80(88)89)68(129)108-52(37-115)72(133)106-50(23-25-56(85)119)77(138)114-33-15-22-55(114)78(139)140/h39-55,60-62,115-118H,8-38,83-84H2,1-7H3,(H2,85,119)(H,98,125)(H,99,126)(H,100,127)(H,101,130)(H,102,132)(H,103,134)(H,104,135)(H,105,136)(H,106,133)(H,107,128)(H,108,129)(H,109,137)(H,110,120)(H,111,124)(H,112,131)(H,122,123)(H,139,140)(H4,86,87,94)(H4,88,89,95)(H4,90,91,96)(H4,92,93,97)/t41-,42+,43+,44-,45-,46-,47-,48-,49-,50-,51-,52-,53-,54-,55-,60-,61-,62-/m0/s1. The highest BCUT2D eigenvalue weighted by molar-refractivity contribution is 6.02. The maximum absolute atomic E-state index is 14.6. The summed E-state index contributed by atoms with van der Waals surface area (Å²) >= 11 is 0. The van der Waals surface area contributed by atoms with Gasteiger partial charge in [-0.25, -0.2) is 4.79 Å². The second-order valence-electron chi connectivity index (χ2n) is 34.4. The van der Waals surface area contributed by atoms with Crippen molar-refractivity contribution < 1.29 is 127 Å². The number of nitrogens with zero attached hydrogens (tertiary/aromatic N) is 2. The molecule has 0 unspecified atom stereocenters. The summed E-state index contributed by atoms with van der Waals surface area (Å²) < 4.78 is 0. The van der Waals surface area contributed by atoms with Gasteiger partial charge in [-0.1, -0.05) is 27.7 Å². The number of likely N-dealkylation sites (tertiary alicyclic amines) is 2. The summed E-state index contributed by atoms with van der Waals surface area (Å²) in [5.41, 5.74) is 38.5. The number of nitrogens with one attached hydrogen (secondary N) is 23. The molecule has 18 amide bonds. The summed E-state index contributed by atoms with van der Waals surface area (Å²) in [5, 5.41) is 139. The van der Waals surface area contributed by atoms with E-state index >= 15 is 0 Å². The molecular formula is C82H146N32O26. The lowest BCUT2D eigenvalue weighted by atomic mass is 10.0. The number of unbranched alkanes of at least 4 members (excludes halogenated alkanes) is 1. The van der Waals surface area contributed by atoms with E-state index in [1.807, 2.05) is 0 Å². The minimum atomic E-state index is -2.13. The zero-order valence-electron chi connectivity index (χ0n) is 79.8. The van der Waals surface area contributed by atoms with Crippen LogP contribution in [0.15, 0.2) is 0 Å². The number of rotatable bonds is 66. The minimum absolute atomic E-state index is 0.0144. The van der Waals surface area contributed by atoms with Crippen molar-refractivity contribution in [1.29, 1.82) is 21.6 Å². The van der Waals surface area contributed by atoms with E-state index in [4.69, 9.17) is 61.8 Å². The van der Waals surface area contributed by atoms with Crippen molar-refractivity contribution in [1.82, 2.24) is 111 Å². The van der Waals surface area contributed by atoms with E-state index in [9.17, 15) is 127 Å². The van der Waals surface area contributed by atoms with Crippen molar-refractivity contribution in [2.45, 2.75) is 286 Å². The number of carbonyl (C=O) groups is 20. The largest absolute Gasteiger partial charge is 0.481 e. The molecule has 0 saturated carbocycles. The van der Waals surface area contributed by atoms with Crippen LogP contribution < -0.4 is 141 Å². The van der Waals surface area contributed by atoms with Crippen molar-refractivity contribution in [2.75, 3.05) is 72.1 Å². The van der Waals surface area contributed by atoms with E-state index in [2.05, 4.69) is 101 Å². The quantitative estimate of drug-likeness (QED) is 0.0153. The van der Waals surface area contributed by atoms with E-state index in [0.29, 0.717) is 12.8 Å². The molecule has 0 aromatic carbocycles. The van der Waals surface area contributed by atoms with Crippen LogP contribution >= 0.6 is 0 Å². The Morgan fingerprint density at radius 2 is 0.714 bits per heavy atom. The zero-order chi connectivity index (χ0) is 106. The first-order chi connectivity index (χ1) is 65.8. The van der Waals surface area contributed by atoms with E-state index in [1.54, 1.807) is 13.8 Å². The van der Waals surface area contributed by atoms with Crippen LogP contribution in [0, 0.1) is 33.5 Å². The molecule has 0 aromatic rings. The zero-order valence-corrected chi connectivity index (χ0v) is 79.8. The predicted octanol–water partition coefficient (Wildman–Crippen LogP) is -14.3. The number of guanidine groups is 4. The molecule has 790 valence electrons. The number of carbonyl (C=O) groups excluding carboxylic acids is 18. The smallest absolute Gasteiger partial charge is 0.326 e. The molecule has 0 radical (unpaired) electrons. The molecule has 2 aliphatic rings. The van der Waals surface area contributed by atoms with Crippen LogP contribution in [0.5, 0.6) is 0 Å². The van der Waals surface area contributed by atoms with E-state index in [0.717, 1.165) is 25.7 Å². The molecule has 140 heavy (non-hydrogen) atoms. The Kier molecular flexibility index (Phi) is 55.6. The maximum Gasteiger partial charge on any atom is 0.326 e. The van der Waals surface area contributed by atoms with Gasteiger partial charge in [0.05, 0.1) is 38.5 Å². The Morgan fingerprint density at radius 3 is 1.11 bits per heavy atom. The van der Waals surface area contributed by atoms with Gasteiger partial charge in [-0.15, -0.1) is 0 Å². The first-order valence-electron chi connectivity index (χ1n) is 46.0. The molecular weight excluding hydrogens is 1850 g/mol. The number of hydrogen-bond donors (Lipinski definition) is 36. The molecule has 58 heteroatoms. The Hall–Kier alpha value is -13.8. The molecule has 0 aliphatic carbocycles. The van der Waals surface area contributed by atoms with Gasteiger partial charge < -0.3 is 182 Å². The number of aliphatic hydroxyl groups excluding tert-OH is 4. The van der Waals surface area contributed by atoms with Crippen molar-refractivity contribution in [3.05, 3.63) is 0 Å². The summed E-state index contributed by atoms with van der Waals surface area (Å²) in [6.45, 7) is 6.29. The fourth-order valence-corrected chi connectivity index (χ4v) is 14.5. The second-order valence-corrected chi connectivity index (χ2v) is 34.4. The van der Waals surface area contributed by atoms with Gasteiger partial charge in [-0.3, -0.25) is 113 Å². The highest BCUT2D eigenvalue weighted by Gasteiger charge is 2.43. The Balaban J connectivity index is 2.45. The number of amides is 18. The second kappa shape index (κ2) is 63.7. The van der Waals surface area contributed by atoms with Crippen molar-refractivity contribution in [2.24, 2.45) is 52.0 Å². The SMILES string of the molecule is CC(C)C[C@H](NC(=O)[C@H](CCCNC(=N)N)NC(=O)[C@@H]1CCCN1C(=O)CN)C(=O)NCC(=O)N[C@H](C(=O)N[C@@H](CCCNC(=N)N)C(=O)N[C@@H](C)C(=O)N[C@H](C(=O)N[C@@H](CCCNC(=N)N)C(=O)N[C@@H](CCCCN)C(=O)N[C@H](C(=O)N[C@@H](CO)C(=O)N[C@@H](CCC(=O)O)C(=O)N[C@@H](CCCNC(=N)N)C(=O)N[C@@H](CO)C(=O)N[C@@H](CCC(N)=O)C(=O)N1CCC[C@H]1C(=O)O)[C@@H](C)O)[C@@H](C)O)C(C)C. The van der Waals surface area contributed by atoms with Crippen LogP contribution in [-0.2, 0) is 95.9 Å². The van der Waals surface area contributed by atoms with Gasteiger partial charge in [0.25, 0.3) is 0 Å². The molecule has 2 rings (SSSR count). The first kappa shape index (κ1) is 122. The van der Waals surface area contributed by atoms with Gasteiger partial charge in [-0.2, -0.15) is 0 Å². The Bertz CT molecular complexity index is 4260. The fourth-order valence-electron chi connectivity index (χ4n) is 14.5. The monoisotopic (exact) mass is 2000 g/mol. The van der Waals surface area contributed by atoms with Crippen LogP contribution in [0.2, 0.25) is 0 Å². The highest BCUT2D eigenvalue weighted by Crippen LogP contribution is 2.22. The topological polar surface area (TPSA) is 975 Å². The normalized spacial score (nSPS) is 16.7. The van der Waals surface area contributed by atoms with E-state index < -0.39 is 303 Å². The van der Waals surface area contributed by atoms with Gasteiger partial charge in [0.1, 0.15) is 96.7 Å². The molecule has 2 saturated heterocycles. The lowest BCUT2D eigenvalue weighted by Crippen LogP contribution is -2.63. The number of nitrogens with two attached hydrogens (primary N) is 7. The minimum Gasteiger partial charge on any atom is -0.481 e. The van der Waals surface area contributed by atoms with Gasteiger partial charge in [-0.05, 0) is 155 Å². The third-order valence-corrected chi connectivity index (χ3v) is 22.0. The Morgan fingerprint density at radius 1 is 0.364 bits per heavy atom. The fraction of sp³-hybridized carbons (Fsp3) is 0.707. The number of primary amides is 1. The number of hydrogen-bond acceptors (Lipinski definition) is 30. The molecule has 2 heterocycles. The number of carboxylic acids is 2. The van der Waals surface area contributed by atoms with Crippen LogP contribution in [0.1, 0.15) is 177 Å². The average Bonchev–Trinajstić information content (AvgIpc) is 1.57. The number of carboxylic acid groups (broad SMARTS) is 2. The predicted molar refractivity (Wildman–Crippen MR) is 499 cm³/mol. The van der Waals surface area contributed by atoms with Crippen LogP contribution in [0.25, 0.3) is 0 Å². The van der Waals surface area contributed by atoms with Gasteiger partial charge >= 0.3 is 11.9 Å². The molecule has 58 nitrogen and oxygen atoms in total. The van der Waals surface area contributed by atoms with Crippen molar-refractivity contribution >= 4 is 142 Å². The Labute approximate surface area is 807 Å². The maximum atomic E-state index is 14.6. The van der Waals surface area contributed by atoms with Crippen molar-refractivity contribution in [3.63, 3.8) is 0 Å². The van der Waals surface area contributed by atoms with E-state index in [1.165, 1.54) is 18.7 Å². The van der Waals surface area contributed by atoms with E-state index in [-0.39, 0.29) is 148 Å². The molecule has 0 spiro atoms. The number of aliphatic hydroxyl groups is 4.